The number of para-hydroxylation sites is 1. The first-order chi connectivity index (χ1) is 14.8. The van der Waals surface area contributed by atoms with Gasteiger partial charge in [0.1, 0.15) is 5.82 Å². The summed E-state index contributed by atoms with van der Waals surface area (Å²) in [5.74, 6) is 1.89. The minimum atomic E-state index is 0.724. The average Bonchev–Trinajstić information content (AvgIpc) is 2.81. The molecule has 5 heteroatoms. The van der Waals surface area contributed by atoms with Gasteiger partial charge in [-0.2, -0.15) is 0 Å². The van der Waals surface area contributed by atoms with Crippen LogP contribution in [0.3, 0.4) is 0 Å². The summed E-state index contributed by atoms with van der Waals surface area (Å²) in [4.78, 5) is 14.3. The van der Waals surface area contributed by atoms with Gasteiger partial charge in [0.25, 0.3) is 0 Å². The fraction of sp³-hybridized carbons (Fsp3) is 0.280. The average molecular weight is 419 g/mol. The zero-order valence-electron chi connectivity index (χ0n) is 17.8. The molecule has 0 radical (unpaired) electrons. The highest BCUT2D eigenvalue weighted by Gasteiger charge is 2.17. The van der Waals surface area contributed by atoms with E-state index in [9.17, 15) is 0 Å². The van der Waals surface area contributed by atoms with Gasteiger partial charge in [0, 0.05) is 18.5 Å². The molecular weight excluding hydrogens is 388 g/mol. The van der Waals surface area contributed by atoms with E-state index in [4.69, 9.17) is 4.99 Å². The molecule has 0 saturated carbocycles. The van der Waals surface area contributed by atoms with Crippen LogP contribution in [-0.4, -0.2) is 40.4 Å². The summed E-state index contributed by atoms with van der Waals surface area (Å²) in [6.45, 7) is 8.31. The van der Waals surface area contributed by atoms with Crippen molar-refractivity contribution in [2.24, 2.45) is 4.99 Å². The van der Waals surface area contributed by atoms with Gasteiger partial charge < -0.3 is 9.80 Å². The maximum Gasteiger partial charge on any atom is 0.170 e. The van der Waals surface area contributed by atoms with Crippen LogP contribution in [0.15, 0.2) is 90.1 Å². The molecule has 0 aliphatic rings. The lowest BCUT2D eigenvalue weighted by Crippen LogP contribution is -2.31. The molecule has 2 aromatic carbocycles. The smallest absolute Gasteiger partial charge is 0.170 e. The third-order valence-corrected chi connectivity index (χ3v) is 5.81. The molecule has 1 heterocycles. The Bertz CT molecular complexity index is 881. The molecule has 156 valence electrons. The second-order valence-electron chi connectivity index (χ2n) is 6.86. The van der Waals surface area contributed by atoms with Crippen LogP contribution in [-0.2, 0) is 6.54 Å². The topological polar surface area (TPSA) is 31.7 Å². The molecule has 1 aromatic heterocycles. The quantitative estimate of drug-likeness (QED) is 0.322. The molecule has 4 nitrogen and oxygen atoms in total. The molecule has 0 unspecified atom stereocenters. The van der Waals surface area contributed by atoms with Gasteiger partial charge in [-0.05, 0) is 42.9 Å². The molecule has 0 aliphatic carbocycles. The normalized spacial score (nSPS) is 11.6. The Labute approximate surface area is 184 Å². The predicted molar refractivity (Wildman–Crippen MR) is 131 cm³/mol. The molecular formula is C25H30N4S. The summed E-state index contributed by atoms with van der Waals surface area (Å²) in [7, 11) is 0. The standard InChI is InChI=1S/C25H30N4S/c1-3-28(4-2)19-20-30-25(27-23-15-9-6-10-16-23)29(24-17-11-12-18-26-24)21-22-13-7-5-8-14-22/h5-18H,3-4,19-21H2,1-2H3. The number of thioether (sulfide) groups is 1. The Morgan fingerprint density at radius 3 is 2.17 bits per heavy atom. The molecule has 0 amide bonds. The summed E-state index contributed by atoms with van der Waals surface area (Å²) >= 11 is 1.79. The molecule has 0 aliphatic heterocycles. The van der Waals surface area contributed by atoms with E-state index < -0.39 is 0 Å². The van der Waals surface area contributed by atoms with Crippen molar-refractivity contribution in [3.05, 3.63) is 90.6 Å². The zero-order chi connectivity index (χ0) is 21.0. The van der Waals surface area contributed by atoms with Gasteiger partial charge in [-0.25, -0.2) is 9.98 Å². The number of hydrogen-bond acceptors (Lipinski definition) is 4. The van der Waals surface area contributed by atoms with Gasteiger partial charge in [-0.3, -0.25) is 0 Å². The van der Waals surface area contributed by atoms with Gasteiger partial charge in [-0.1, -0.05) is 80.2 Å². The van der Waals surface area contributed by atoms with Gasteiger partial charge in [0.05, 0.1) is 12.2 Å². The van der Waals surface area contributed by atoms with Crippen LogP contribution in [0.25, 0.3) is 0 Å². The summed E-state index contributed by atoms with van der Waals surface area (Å²) in [5.41, 5.74) is 2.19. The number of anilines is 1. The van der Waals surface area contributed by atoms with E-state index in [1.807, 2.05) is 54.7 Å². The van der Waals surface area contributed by atoms with E-state index in [1.54, 1.807) is 11.8 Å². The second-order valence-corrected chi connectivity index (χ2v) is 7.93. The zero-order valence-corrected chi connectivity index (χ0v) is 18.6. The molecule has 0 bridgehead atoms. The third-order valence-electron chi connectivity index (χ3n) is 4.85. The molecule has 0 N–H and O–H groups in total. The Morgan fingerprint density at radius 1 is 0.867 bits per heavy atom. The highest BCUT2D eigenvalue weighted by Crippen LogP contribution is 2.24. The molecule has 0 atom stereocenters. The number of benzene rings is 2. The lowest BCUT2D eigenvalue weighted by Gasteiger charge is -2.26. The van der Waals surface area contributed by atoms with Gasteiger partial charge >= 0.3 is 0 Å². The van der Waals surface area contributed by atoms with Crippen molar-refractivity contribution in [3.63, 3.8) is 0 Å². The molecule has 0 fully saturated rings. The first-order valence-electron chi connectivity index (χ1n) is 10.5. The van der Waals surface area contributed by atoms with Crippen molar-refractivity contribution in [2.45, 2.75) is 20.4 Å². The first kappa shape index (κ1) is 22.1. The maximum atomic E-state index is 5.03. The first-order valence-corrected chi connectivity index (χ1v) is 11.5. The van der Waals surface area contributed by atoms with Crippen LogP contribution in [0, 0.1) is 0 Å². The van der Waals surface area contributed by atoms with Crippen LogP contribution in [0.5, 0.6) is 0 Å². The van der Waals surface area contributed by atoms with Crippen molar-refractivity contribution in [2.75, 3.05) is 30.3 Å². The van der Waals surface area contributed by atoms with Gasteiger partial charge in [0.15, 0.2) is 5.17 Å². The lowest BCUT2D eigenvalue weighted by atomic mass is 10.2. The van der Waals surface area contributed by atoms with E-state index >= 15 is 0 Å². The second kappa shape index (κ2) is 12.2. The summed E-state index contributed by atoms with van der Waals surface area (Å²) in [5, 5.41) is 0.968. The van der Waals surface area contributed by atoms with E-state index in [0.717, 1.165) is 48.6 Å². The number of nitrogens with zero attached hydrogens (tertiary/aromatic N) is 4. The highest BCUT2D eigenvalue weighted by atomic mass is 32.2. The van der Waals surface area contributed by atoms with Crippen molar-refractivity contribution in [1.29, 1.82) is 0 Å². The van der Waals surface area contributed by atoms with Gasteiger partial charge in [-0.15, -0.1) is 0 Å². The van der Waals surface area contributed by atoms with E-state index in [1.165, 1.54) is 5.56 Å². The SMILES string of the molecule is CCN(CC)CCSC(=Nc1ccccc1)N(Cc1ccccc1)c1ccccn1. The van der Waals surface area contributed by atoms with Crippen LogP contribution in [0.1, 0.15) is 19.4 Å². The Kier molecular flexibility index (Phi) is 8.94. The molecule has 30 heavy (non-hydrogen) atoms. The summed E-state index contributed by atoms with van der Waals surface area (Å²) < 4.78 is 0. The van der Waals surface area contributed by atoms with Crippen molar-refractivity contribution < 1.29 is 0 Å². The summed E-state index contributed by atoms with van der Waals surface area (Å²) in [6.07, 6.45) is 1.84. The number of rotatable bonds is 9. The number of hydrogen-bond donors (Lipinski definition) is 0. The molecule has 0 saturated heterocycles. The highest BCUT2D eigenvalue weighted by molar-refractivity contribution is 8.14. The largest absolute Gasteiger partial charge is 0.303 e. The van der Waals surface area contributed by atoms with E-state index in [-0.39, 0.29) is 0 Å². The minimum absolute atomic E-state index is 0.724. The van der Waals surface area contributed by atoms with Gasteiger partial charge in [0.2, 0.25) is 0 Å². The maximum absolute atomic E-state index is 5.03. The number of aromatic nitrogens is 1. The van der Waals surface area contributed by atoms with Crippen LogP contribution < -0.4 is 4.90 Å². The van der Waals surface area contributed by atoms with Crippen LogP contribution >= 0.6 is 11.8 Å². The monoisotopic (exact) mass is 418 g/mol. The lowest BCUT2D eigenvalue weighted by molar-refractivity contribution is 0.324. The summed E-state index contributed by atoms with van der Waals surface area (Å²) in [6, 6.07) is 26.7. The fourth-order valence-electron chi connectivity index (χ4n) is 3.12. The number of amidine groups is 1. The molecule has 3 rings (SSSR count). The predicted octanol–water partition coefficient (Wildman–Crippen LogP) is 5.85. The number of aliphatic imine (C=N–C) groups is 1. The third kappa shape index (κ3) is 6.71. The van der Waals surface area contributed by atoms with Crippen molar-refractivity contribution in [1.82, 2.24) is 9.88 Å². The molecule has 3 aromatic rings. The van der Waals surface area contributed by atoms with E-state index in [2.05, 4.69) is 59.0 Å². The van der Waals surface area contributed by atoms with Crippen LogP contribution in [0.4, 0.5) is 11.5 Å². The Balaban J connectivity index is 1.92. The van der Waals surface area contributed by atoms with E-state index in [0.29, 0.717) is 0 Å². The fourth-order valence-corrected chi connectivity index (χ4v) is 4.13. The minimum Gasteiger partial charge on any atom is -0.303 e. The number of pyridine rings is 1. The Hall–Kier alpha value is -2.63. The molecule has 0 spiro atoms. The van der Waals surface area contributed by atoms with Crippen molar-refractivity contribution in [3.8, 4) is 0 Å². The van der Waals surface area contributed by atoms with Crippen molar-refractivity contribution >= 4 is 28.4 Å². The van der Waals surface area contributed by atoms with Crippen LogP contribution in [0.2, 0.25) is 0 Å². The Morgan fingerprint density at radius 2 is 1.53 bits per heavy atom.